The molecule has 2 aromatic rings. The summed E-state index contributed by atoms with van der Waals surface area (Å²) in [6.45, 7) is 7.81. The van der Waals surface area contributed by atoms with E-state index < -0.39 is 0 Å². The zero-order valence-corrected chi connectivity index (χ0v) is 18.5. The molecule has 2 N–H and O–H groups in total. The highest BCUT2D eigenvalue weighted by Crippen LogP contribution is 2.24. The van der Waals surface area contributed by atoms with Crippen molar-refractivity contribution in [3.63, 3.8) is 0 Å². The fraction of sp³-hybridized carbons (Fsp3) is 0.556. The minimum Gasteiger partial charge on any atom is -0.357 e. The van der Waals surface area contributed by atoms with Gasteiger partial charge in [0.25, 0.3) is 0 Å². The van der Waals surface area contributed by atoms with E-state index in [9.17, 15) is 0 Å². The Morgan fingerprint density at radius 3 is 2.73 bits per heavy atom. The van der Waals surface area contributed by atoms with E-state index in [4.69, 9.17) is 4.98 Å². The van der Waals surface area contributed by atoms with Crippen LogP contribution in [-0.2, 0) is 13.0 Å². The fourth-order valence-electron chi connectivity index (χ4n) is 2.91. The molecular formula is C18H29IN6S. The first-order chi connectivity index (χ1) is 12.3. The summed E-state index contributed by atoms with van der Waals surface area (Å²) in [5.74, 6) is 0.879. The largest absolute Gasteiger partial charge is 0.357 e. The Balaban J connectivity index is 0.00000243. The molecule has 0 unspecified atom stereocenters. The third-order valence-electron chi connectivity index (χ3n) is 4.23. The number of hydrogen-bond acceptors (Lipinski definition) is 4. The van der Waals surface area contributed by atoms with Gasteiger partial charge in [-0.3, -0.25) is 4.99 Å². The van der Waals surface area contributed by atoms with Crippen molar-refractivity contribution in [1.29, 1.82) is 0 Å². The molecule has 1 aliphatic rings. The number of rotatable bonds is 8. The Hall–Kier alpha value is -1.29. The number of guanidine groups is 1. The van der Waals surface area contributed by atoms with Gasteiger partial charge in [0.05, 0.1) is 5.69 Å². The molecule has 0 aromatic carbocycles. The summed E-state index contributed by atoms with van der Waals surface area (Å²) in [4.78, 5) is 11.8. The van der Waals surface area contributed by atoms with Gasteiger partial charge in [-0.25, -0.2) is 4.98 Å². The van der Waals surface area contributed by atoms with E-state index in [1.807, 2.05) is 12.1 Å². The molecule has 0 atom stereocenters. The molecule has 144 valence electrons. The number of hydrogen-bond donors (Lipinski definition) is 2. The summed E-state index contributed by atoms with van der Waals surface area (Å²) in [5.41, 5.74) is 1.15. The van der Waals surface area contributed by atoms with Crippen molar-refractivity contribution in [3.05, 3.63) is 35.6 Å². The Morgan fingerprint density at radius 1 is 1.23 bits per heavy atom. The molecule has 0 spiro atoms. The summed E-state index contributed by atoms with van der Waals surface area (Å²) >= 11 is 1.76. The first-order valence-corrected chi connectivity index (χ1v) is 10.1. The van der Waals surface area contributed by atoms with E-state index >= 15 is 0 Å². The zero-order chi connectivity index (χ0) is 17.3. The van der Waals surface area contributed by atoms with Gasteiger partial charge in [-0.2, -0.15) is 0 Å². The number of aliphatic imine (C=N–C) groups is 1. The molecule has 0 saturated carbocycles. The van der Waals surface area contributed by atoms with E-state index in [2.05, 4.69) is 49.8 Å². The minimum atomic E-state index is 0. The van der Waals surface area contributed by atoms with Crippen LogP contribution in [0.3, 0.4) is 0 Å². The van der Waals surface area contributed by atoms with Gasteiger partial charge in [0.1, 0.15) is 0 Å². The molecular weight excluding hydrogens is 459 g/mol. The summed E-state index contributed by atoms with van der Waals surface area (Å²) in [7, 11) is 0. The van der Waals surface area contributed by atoms with Gasteiger partial charge in [-0.05, 0) is 31.9 Å². The van der Waals surface area contributed by atoms with Crippen molar-refractivity contribution < 1.29 is 0 Å². The van der Waals surface area contributed by atoms with Crippen LogP contribution in [0.5, 0.6) is 0 Å². The minimum absolute atomic E-state index is 0. The predicted octanol–water partition coefficient (Wildman–Crippen LogP) is 2.96. The normalized spacial score (nSPS) is 14.3. The van der Waals surface area contributed by atoms with Gasteiger partial charge in [0.15, 0.2) is 11.1 Å². The Morgan fingerprint density at radius 2 is 2.00 bits per heavy atom. The molecule has 0 amide bonds. The van der Waals surface area contributed by atoms with E-state index in [0.717, 1.165) is 57.3 Å². The maximum atomic E-state index is 4.76. The summed E-state index contributed by atoms with van der Waals surface area (Å²) in [5, 5.41) is 10.0. The summed E-state index contributed by atoms with van der Waals surface area (Å²) in [6, 6.07) is 4.09. The number of thiazole rings is 1. The van der Waals surface area contributed by atoms with Crippen LogP contribution in [0, 0.1) is 0 Å². The van der Waals surface area contributed by atoms with Crippen LogP contribution < -0.4 is 15.5 Å². The first kappa shape index (κ1) is 21.0. The van der Waals surface area contributed by atoms with Crippen molar-refractivity contribution in [2.45, 2.75) is 32.7 Å². The molecule has 0 aliphatic carbocycles. The molecule has 8 heteroatoms. The standard InChI is InChI=1S/C18H28N6S.HI/c1-2-19-17(21-9-14-23-10-3-4-11-23)20-8-7-16-15-25-18(22-16)24-12-5-6-13-24;/h3-4,10-11,15H,2,5-9,12-14H2,1H3,(H2,19,20,21);1H. The number of halogens is 1. The molecule has 2 aromatic heterocycles. The molecule has 1 fully saturated rings. The molecule has 3 rings (SSSR count). The topological polar surface area (TPSA) is 57.5 Å². The molecule has 3 heterocycles. The van der Waals surface area contributed by atoms with Crippen LogP contribution in [0.1, 0.15) is 25.5 Å². The molecule has 6 nitrogen and oxygen atoms in total. The van der Waals surface area contributed by atoms with Gasteiger partial charge in [0.2, 0.25) is 0 Å². The maximum Gasteiger partial charge on any atom is 0.191 e. The number of nitrogens with zero attached hydrogens (tertiary/aromatic N) is 4. The van der Waals surface area contributed by atoms with Crippen LogP contribution in [-0.4, -0.2) is 48.2 Å². The monoisotopic (exact) mass is 488 g/mol. The smallest absolute Gasteiger partial charge is 0.191 e. The first-order valence-electron chi connectivity index (χ1n) is 9.17. The number of aromatic nitrogens is 2. The third kappa shape index (κ3) is 6.46. The van der Waals surface area contributed by atoms with Gasteiger partial charge >= 0.3 is 0 Å². The van der Waals surface area contributed by atoms with Gasteiger partial charge in [0, 0.05) is 63.5 Å². The Kier molecular flexibility index (Phi) is 9.24. The molecule has 0 radical (unpaired) electrons. The van der Waals surface area contributed by atoms with Gasteiger partial charge in [-0.15, -0.1) is 35.3 Å². The summed E-state index contributed by atoms with van der Waals surface area (Å²) < 4.78 is 2.16. The molecule has 1 saturated heterocycles. The van der Waals surface area contributed by atoms with Gasteiger partial charge < -0.3 is 20.1 Å². The Bertz CT molecular complexity index is 648. The second-order valence-corrected chi connectivity index (χ2v) is 7.01. The average molecular weight is 488 g/mol. The lowest BCUT2D eigenvalue weighted by molar-refractivity contribution is 0.665. The SMILES string of the molecule is CCNC(=NCCc1csc(N2CCCC2)n1)NCCn1cccc1.I. The summed E-state index contributed by atoms with van der Waals surface area (Å²) in [6.07, 6.45) is 7.62. The highest BCUT2D eigenvalue weighted by atomic mass is 127. The highest BCUT2D eigenvalue weighted by Gasteiger charge is 2.15. The van der Waals surface area contributed by atoms with Crippen LogP contribution in [0.25, 0.3) is 0 Å². The maximum absolute atomic E-state index is 4.76. The number of nitrogens with one attached hydrogen (secondary N) is 2. The predicted molar refractivity (Wildman–Crippen MR) is 121 cm³/mol. The van der Waals surface area contributed by atoms with Crippen LogP contribution in [0.15, 0.2) is 34.9 Å². The van der Waals surface area contributed by atoms with Crippen molar-refractivity contribution in [2.24, 2.45) is 4.99 Å². The van der Waals surface area contributed by atoms with Crippen molar-refractivity contribution in [3.8, 4) is 0 Å². The molecule has 0 bridgehead atoms. The van der Waals surface area contributed by atoms with Crippen LogP contribution in [0.4, 0.5) is 5.13 Å². The van der Waals surface area contributed by atoms with E-state index in [1.165, 1.54) is 18.0 Å². The van der Waals surface area contributed by atoms with Crippen LogP contribution >= 0.6 is 35.3 Å². The molecule has 1 aliphatic heterocycles. The second-order valence-electron chi connectivity index (χ2n) is 6.17. The lowest BCUT2D eigenvalue weighted by Gasteiger charge is -2.12. The highest BCUT2D eigenvalue weighted by molar-refractivity contribution is 14.0. The van der Waals surface area contributed by atoms with E-state index in [1.54, 1.807) is 11.3 Å². The van der Waals surface area contributed by atoms with Crippen molar-refractivity contribution >= 4 is 46.4 Å². The fourth-order valence-corrected chi connectivity index (χ4v) is 3.83. The number of anilines is 1. The third-order valence-corrected chi connectivity index (χ3v) is 5.18. The van der Waals surface area contributed by atoms with E-state index in [-0.39, 0.29) is 24.0 Å². The lowest BCUT2D eigenvalue weighted by atomic mass is 10.3. The molecule has 26 heavy (non-hydrogen) atoms. The van der Waals surface area contributed by atoms with Crippen molar-refractivity contribution in [1.82, 2.24) is 20.2 Å². The van der Waals surface area contributed by atoms with Gasteiger partial charge in [-0.1, -0.05) is 0 Å². The average Bonchev–Trinajstić information content (AvgIpc) is 3.37. The lowest BCUT2D eigenvalue weighted by Crippen LogP contribution is -2.39. The quantitative estimate of drug-likeness (QED) is 0.341. The van der Waals surface area contributed by atoms with Crippen LogP contribution in [0.2, 0.25) is 0 Å². The van der Waals surface area contributed by atoms with E-state index in [0.29, 0.717) is 0 Å². The Labute approximate surface area is 177 Å². The second kappa shape index (κ2) is 11.4. The van der Waals surface area contributed by atoms with Crippen molar-refractivity contribution in [2.75, 3.05) is 37.6 Å². The zero-order valence-electron chi connectivity index (χ0n) is 15.4.